The lowest BCUT2D eigenvalue weighted by molar-refractivity contribution is 0.415. The molecule has 1 saturated heterocycles. The van der Waals surface area contributed by atoms with Gasteiger partial charge >= 0.3 is 0 Å². The summed E-state index contributed by atoms with van der Waals surface area (Å²) in [6.07, 6.45) is 1.75. The molecule has 1 N–H and O–H groups in total. The second-order valence-corrected chi connectivity index (χ2v) is 5.32. The number of hydrogen-bond donors (Lipinski definition) is 1. The summed E-state index contributed by atoms with van der Waals surface area (Å²) in [4.78, 5) is 11.8. The zero-order valence-corrected chi connectivity index (χ0v) is 12.8. The number of aromatic amines is 1. The third-order valence-corrected chi connectivity index (χ3v) is 3.92. The van der Waals surface area contributed by atoms with E-state index in [1.807, 2.05) is 18.2 Å². The first-order chi connectivity index (χ1) is 10.3. The molecule has 3 rings (SSSR count). The Bertz CT molecular complexity index is 647. The molecule has 0 spiro atoms. The van der Waals surface area contributed by atoms with E-state index in [1.165, 1.54) is 5.69 Å². The van der Waals surface area contributed by atoms with Crippen molar-refractivity contribution in [2.45, 2.75) is 0 Å². The summed E-state index contributed by atoms with van der Waals surface area (Å²) in [5.41, 5.74) is 1.23. The zero-order valence-electron chi connectivity index (χ0n) is 12.0. The van der Waals surface area contributed by atoms with Crippen LogP contribution < -0.4 is 14.5 Å². The van der Waals surface area contributed by atoms with Gasteiger partial charge in [0.2, 0.25) is 0 Å². The standard InChI is InChI=1S/C15H18N4OS/c1-20-13-4-2-12(3-5-13)18-8-10-19(11-9-18)14-6-7-16-15(21)17-14/h2-7H,8-11H2,1H3,(H,16,17,21). The number of ether oxygens (including phenoxy) is 1. The highest BCUT2D eigenvalue weighted by atomic mass is 32.1. The molecule has 0 aliphatic carbocycles. The Balaban J connectivity index is 1.65. The van der Waals surface area contributed by atoms with Gasteiger partial charge in [-0.3, -0.25) is 0 Å². The van der Waals surface area contributed by atoms with Crippen molar-refractivity contribution in [1.29, 1.82) is 0 Å². The average Bonchev–Trinajstić information content (AvgIpc) is 2.55. The molecule has 110 valence electrons. The first kappa shape index (κ1) is 13.9. The van der Waals surface area contributed by atoms with Crippen LogP contribution in [0.4, 0.5) is 11.5 Å². The fourth-order valence-corrected chi connectivity index (χ4v) is 2.71. The predicted molar refractivity (Wildman–Crippen MR) is 86.8 cm³/mol. The maximum Gasteiger partial charge on any atom is 0.198 e. The van der Waals surface area contributed by atoms with E-state index in [-0.39, 0.29) is 0 Å². The number of methoxy groups -OCH3 is 1. The molecule has 21 heavy (non-hydrogen) atoms. The molecular formula is C15H18N4OS. The smallest absolute Gasteiger partial charge is 0.198 e. The average molecular weight is 302 g/mol. The minimum Gasteiger partial charge on any atom is -0.497 e. The molecule has 0 atom stereocenters. The summed E-state index contributed by atoms with van der Waals surface area (Å²) in [6, 6.07) is 10.2. The summed E-state index contributed by atoms with van der Waals surface area (Å²) in [6.45, 7) is 3.88. The second kappa shape index (κ2) is 6.13. The van der Waals surface area contributed by atoms with E-state index >= 15 is 0 Å². The normalized spacial score (nSPS) is 15.1. The molecular weight excluding hydrogens is 284 g/mol. The van der Waals surface area contributed by atoms with Crippen LogP contribution in [0.2, 0.25) is 0 Å². The molecule has 0 bridgehead atoms. The number of aromatic nitrogens is 2. The molecule has 1 aromatic carbocycles. The SMILES string of the molecule is COc1ccc(N2CCN(c3ccnc(=S)[nH]3)CC2)cc1. The first-order valence-corrected chi connectivity index (χ1v) is 7.36. The van der Waals surface area contributed by atoms with Crippen molar-refractivity contribution in [1.82, 2.24) is 9.97 Å². The van der Waals surface area contributed by atoms with Gasteiger partial charge in [-0.1, -0.05) is 0 Å². The molecule has 0 unspecified atom stereocenters. The maximum atomic E-state index is 5.20. The maximum absolute atomic E-state index is 5.20. The highest BCUT2D eigenvalue weighted by Crippen LogP contribution is 2.21. The van der Waals surface area contributed by atoms with Gasteiger partial charge in [0.25, 0.3) is 0 Å². The van der Waals surface area contributed by atoms with Gasteiger partial charge in [0, 0.05) is 38.1 Å². The van der Waals surface area contributed by atoms with Crippen molar-refractivity contribution in [3.8, 4) is 5.75 Å². The van der Waals surface area contributed by atoms with Crippen molar-refractivity contribution in [3.63, 3.8) is 0 Å². The van der Waals surface area contributed by atoms with Crippen molar-refractivity contribution >= 4 is 23.7 Å². The summed E-state index contributed by atoms with van der Waals surface area (Å²) in [5.74, 6) is 1.94. The fraction of sp³-hybridized carbons (Fsp3) is 0.333. The Kier molecular flexibility index (Phi) is 4.06. The molecule has 1 aromatic heterocycles. The number of nitrogens with one attached hydrogen (secondary N) is 1. The van der Waals surface area contributed by atoms with Crippen molar-refractivity contribution in [2.24, 2.45) is 0 Å². The molecule has 1 fully saturated rings. The topological polar surface area (TPSA) is 44.4 Å². The lowest BCUT2D eigenvalue weighted by Gasteiger charge is -2.37. The summed E-state index contributed by atoms with van der Waals surface area (Å²) in [5, 5.41) is 0. The summed E-state index contributed by atoms with van der Waals surface area (Å²) < 4.78 is 5.73. The largest absolute Gasteiger partial charge is 0.497 e. The van der Waals surface area contributed by atoms with Gasteiger partial charge in [0.05, 0.1) is 7.11 Å². The number of anilines is 2. The van der Waals surface area contributed by atoms with E-state index in [1.54, 1.807) is 13.3 Å². The quantitative estimate of drug-likeness (QED) is 0.883. The van der Waals surface area contributed by atoms with Crippen LogP contribution in [0, 0.1) is 4.77 Å². The van der Waals surface area contributed by atoms with Gasteiger partial charge in [-0.05, 0) is 42.5 Å². The Morgan fingerprint density at radius 3 is 2.33 bits per heavy atom. The molecule has 0 amide bonds. The van der Waals surface area contributed by atoms with Crippen molar-refractivity contribution in [2.75, 3.05) is 43.1 Å². The van der Waals surface area contributed by atoms with Gasteiger partial charge in [0.1, 0.15) is 11.6 Å². The lowest BCUT2D eigenvalue weighted by Crippen LogP contribution is -2.46. The van der Waals surface area contributed by atoms with Gasteiger partial charge in [-0.15, -0.1) is 0 Å². The molecule has 5 nitrogen and oxygen atoms in total. The zero-order chi connectivity index (χ0) is 14.7. The van der Waals surface area contributed by atoms with Crippen LogP contribution in [0.3, 0.4) is 0 Å². The van der Waals surface area contributed by atoms with E-state index in [0.717, 1.165) is 37.7 Å². The van der Waals surface area contributed by atoms with Crippen LogP contribution in [-0.4, -0.2) is 43.3 Å². The summed E-state index contributed by atoms with van der Waals surface area (Å²) in [7, 11) is 1.69. The van der Waals surface area contributed by atoms with Crippen LogP contribution >= 0.6 is 12.2 Å². The number of hydrogen-bond acceptors (Lipinski definition) is 5. The Labute approximate surface area is 129 Å². The number of nitrogens with zero attached hydrogens (tertiary/aromatic N) is 3. The van der Waals surface area contributed by atoms with Crippen molar-refractivity contribution in [3.05, 3.63) is 41.3 Å². The minimum atomic E-state index is 0.532. The molecule has 2 heterocycles. The lowest BCUT2D eigenvalue weighted by atomic mass is 10.2. The number of benzene rings is 1. The van der Waals surface area contributed by atoms with Crippen LogP contribution in [0.5, 0.6) is 5.75 Å². The third-order valence-electron chi connectivity index (χ3n) is 3.72. The van der Waals surface area contributed by atoms with Crippen LogP contribution in [0.1, 0.15) is 0 Å². The number of H-pyrrole nitrogens is 1. The Morgan fingerprint density at radius 1 is 1.05 bits per heavy atom. The van der Waals surface area contributed by atoms with Crippen molar-refractivity contribution < 1.29 is 4.74 Å². The highest BCUT2D eigenvalue weighted by Gasteiger charge is 2.17. The van der Waals surface area contributed by atoms with E-state index in [9.17, 15) is 0 Å². The molecule has 1 aliphatic rings. The van der Waals surface area contributed by atoms with E-state index in [0.29, 0.717) is 4.77 Å². The Morgan fingerprint density at radius 2 is 1.71 bits per heavy atom. The van der Waals surface area contributed by atoms with Crippen LogP contribution in [0.25, 0.3) is 0 Å². The molecule has 0 radical (unpaired) electrons. The van der Waals surface area contributed by atoms with Gasteiger partial charge in [-0.2, -0.15) is 0 Å². The third kappa shape index (κ3) is 3.16. The predicted octanol–water partition coefficient (Wildman–Crippen LogP) is 2.47. The van der Waals surface area contributed by atoms with E-state index in [4.69, 9.17) is 17.0 Å². The van der Waals surface area contributed by atoms with E-state index < -0.39 is 0 Å². The van der Waals surface area contributed by atoms with Crippen LogP contribution in [0.15, 0.2) is 36.5 Å². The number of rotatable bonds is 3. The second-order valence-electron chi connectivity index (χ2n) is 4.93. The fourth-order valence-electron chi connectivity index (χ4n) is 2.54. The monoisotopic (exact) mass is 302 g/mol. The van der Waals surface area contributed by atoms with Gasteiger partial charge < -0.3 is 19.5 Å². The molecule has 2 aromatic rings. The van der Waals surface area contributed by atoms with Gasteiger partial charge in [0.15, 0.2) is 4.77 Å². The summed E-state index contributed by atoms with van der Waals surface area (Å²) >= 11 is 5.08. The molecule has 6 heteroatoms. The van der Waals surface area contributed by atoms with Crippen LogP contribution in [-0.2, 0) is 0 Å². The van der Waals surface area contributed by atoms with Gasteiger partial charge in [-0.25, -0.2) is 4.98 Å². The Hall–Kier alpha value is -2.08. The van der Waals surface area contributed by atoms with E-state index in [2.05, 4.69) is 31.9 Å². The highest BCUT2D eigenvalue weighted by molar-refractivity contribution is 7.71. The molecule has 0 saturated carbocycles. The number of piperazine rings is 1. The first-order valence-electron chi connectivity index (χ1n) is 6.95. The molecule has 1 aliphatic heterocycles. The minimum absolute atomic E-state index is 0.532.